The molecule has 0 N–H and O–H groups in total. The summed E-state index contributed by atoms with van der Waals surface area (Å²) >= 11 is 0. The summed E-state index contributed by atoms with van der Waals surface area (Å²) in [6, 6.07) is 5.96. The lowest BCUT2D eigenvalue weighted by atomic mass is 10.1. The minimum Gasteiger partial charge on any atom is -0.369 e. The fourth-order valence-corrected chi connectivity index (χ4v) is 1.80. The molecule has 2 heterocycles. The van der Waals surface area contributed by atoms with Crippen molar-refractivity contribution >= 4 is 5.69 Å². The maximum atomic E-state index is 8.94. The Kier molecular flexibility index (Phi) is 2.68. The Balaban J connectivity index is 2.23. The van der Waals surface area contributed by atoms with Gasteiger partial charge in [0, 0.05) is 19.3 Å². The summed E-state index contributed by atoms with van der Waals surface area (Å²) in [5, 5.41) is 8.94. The van der Waals surface area contributed by atoms with Crippen molar-refractivity contribution in [1.29, 1.82) is 5.26 Å². The van der Waals surface area contributed by atoms with Crippen LogP contribution in [0.4, 0.5) is 5.69 Å². The Bertz CT molecular complexity index is 407. The van der Waals surface area contributed by atoms with Gasteiger partial charge in [-0.15, -0.1) is 0 Å². The second-order valence-electron chi connectivity index (χ2n) is 3.72. The summed E-state index contributed by atoms with van der Waals surface area (Å²) in [5.74, 6) is 0. The van der Waals surface area contributed by atoms with Gasteiger partial charge in [-0.25, -0.2) is 4.98 Å². The predicted octanol–water partition coefficient (Wildman–Crippen LogP) is 2.11. The van der Waals surface area contributed by atoms with Crippen molar-refractivity contribution in [1.82, 2.24) is 4.98 Å². The first kappa shape index (κ1) is 9.72. The Morgan fingerprint density at radius 3 is 2.80 bits per heavy atom. The van der Waals surface area contributed by atoms with E-state index in [-0.39, 0.29) is 0 Å². The Morgan fingerprint density at radius 1 is 1.40 bits per heavy atom. The number of hydrogen-bond acceptors (Lipinski definition) is 3. The first-order valence-corrected chi connectivity index (χ1v) is 5.08. The zero-order valence-corrected chi connectivity index (χ0v) is 8.61. The highest BCUT2D eigenvalue weighted by molar-refractivity contribution is 5.56. The summed E-state index contributed by atoms with van der Waals surface area (Å²) < 4.78 is 0. The number of rotatable bonds is 1. The molecule has 1 aromatic rings. The van der Waals surface area contributed by atoms with Gasteiger partial charge in [0.1, 0.15) is 6.07 Å². The molecule has 1 aliphatic rings. The van der Waals surface area contributed by atoms with Crippen LogP contribution in [0.25, 0.3) is 0 Å². The summed E-state index contributed by atoms with van der Waals surface area (Å²) in [7, 11) is 0. The minimum atomic E-state index is 0.519. The lowest BCUT2D eigenvalue weighted by molar-refractivity contribution is 0.685. The predicted molar refractivity (Wildman–Crippen MR) is 59.5 cm³/mol. The molecule has 0 aromatic carbocycles. The van der Waals surface area contributed by atoms with Gasteiger partial charge in [-0.1, -0.05) is 12.2 Å². The van der Waals surface area contributed by atoms with Gasteiger partial charge in [0.2, 0.25) is 0 Å². The number of piperidine rings is 1. The smallest absolute Gasteiger partial charge is 0.163 e. The van der Waals surface area contributed by atoms with E-state index in [0.717, 1.165) is 31.6 Å². The molecule has 0 bridgehead atoms. The molecule has 0 unspecified atom stereocenters. The van der Waals surface area contributed by atoms with Gasteiger partial charge in [-0.3, -0.25) is 0 Å². The van der Waals surface area contributed by atoms with Gasteiger partial charge < -0.3 is 4.90 Å². The van der Waals surface area contributed by atoms with E-state index in [4.69, 9.17) is 5.26 Å². The normalized spacial score (nSPS) is 16.2. The maximum absolute atomic E-state index is 8.94. The van der Waals surface area contributed by atoms with Gasteiger partial charge in [0.15, 0.2) is 5.69 Å². The van der Waals surface area contributed by atoms with Crippen LogP contribution < -0.4 is 4.90 Å². The van der Waals surface area contributed by atoms with Crippen LogP contribution in [-0.2, 0) is 0 Å². The standard InChI is InChI=1S/C12H13N3/c1-10-4-7-15(8-5-10)12-3-2-6-14-11(12)9-13/h2-3,6H,1,4-5,7-8H2. The molecular weight excluding hydrogens is 186 g/mol. The molecule has 2 rings (SSSR count). The molecule has 76 valence electrons. The van der Waals surface area contributed by atoms with Crippen molar-refractivity contribution in [3.8, 4) is 6.07 Å². The number of nitriles is 1. The second kappa shape index (κ2) is 4.14. The Labute approximate surface area is 89.7 Å². The van der Waals surface area contributed by atoms with Crippen LogP contribution in [0.5, 0.6) is 0 Å². The Hall–Kier alpha value is -1.82. The van der Waals surface area contributed by atoms with E-state index in [1.807, 2.05) is 12.1 Å². The molecule has 0 radical (unpaired) electrons. The fourth-order valence-electron chi connectivity index (χ4n) is 1.80. The zero-order chi connectivity index (χ0) is 10.7. The topological polar surface area (TPSA) is 39.9 Å². The average Bonchev–Trinajstić information content (AvgIpc) is 2.30. The first-order chi connectivity index (χ1) is 7.31. The number of pyridine rings is 1. The molecule has 3 nitrogen and oxygen atoms in total. The summed E-state index contributed by atoms with van der Waals surface area (Å²) in [6.07, 6.45) is 3.68. The lowest BCUT2D eigenvalue weighted by Gasteiger charge is -2.30. The molecule has 0 saturated carbocycles. The van der Waals surface area contributed by atoms with Crippen molar-refractivity contribution in [3.05, 3.63) is 36.2 Å². The van der Waals surface area contributed by atoms with Crippen molar-refractivity contribution in [3.63, 3.8) is 0 Å². The molecule has 1 aliphatic heterocycles. The van der Waals surface area contributed by atoms with Crippen LogP contribution in [0.15, 0.2) is 30.5 Å². The van der Waals surface area contributed by atoms with E-state index in [1.165, 1.54) is 5.57 Å². The minimum absolute atomic E-state index is 0.519. The van der Waals surface area contributed by atoms with Crippen LogP contribution in [0.2, 0.25) is 0 Å². The number of hydrogen-bond donors (Lipinski definition) is 0. The van der Waals surface area contributed by atoms with Crippen molar-refractivity contribution in [2.24, 2.45) is 0 Å². The van der Waals surface area contributed by atoms with Gasteiger partial charge in [0.25, 0.3) is 0 Å². The average molecular weight is 199 g/mol. The van der Waals surface area contributed by atoms with Crippen LogP contribution in [0.1, 0.15) is 18.5 Å². The summed E-state index contributed by atoms with van der Waals surface area (Å²) in [6.45, 7) is 5.86. The fraction of sp³-hybridized carbons (Fsp3) is 0.333. The third-order valence-corrected chi connectivity index (χ3v) is 2.70. The van der Waals surface area contributed by atoms with Crippen LogP contribution in [0.3, 0.4) is 0 Å². The number of nitrogens with zero attached hydrogens (tertiary/aromatic N) is 3. The molecule has 0 amide bonds. The monoisotopic (exact) mass is 199 g/mol. The van der Waals surface area contributed by atoms with E-state index in [2.05, 4.69) is 22.5 Å². The van der Waals surface area contributed by atoms with Gasteiger partial charge in [0.05, 0.1) is 5.69 Å². The largest absolute Gasteiger partial charge is 0.369 e. The third kappa shape index (κ3) is 1.99. The van der Waals surface area contributed by atoms with Crippen molar-refractivity contribution < 1.29 is 0 Å². The molecular formula is C12H13N3. The van der Waals surface area contributed by atoms with E-state index < -0.39 is 0 Å². The van der Waals surface area contributed by atoms with E-state index >= 15 is 0 Å². The third-order valence-electron chi connectivity index (χ3n) is 2.70. The SMILES string of the molecule is C=C1CCN(c2cccnc2C#N)CC1. The summed E-state index contributed by atoms with van der Waals surface area (Å²) in [5.41, 5.74) is 2.77. The van der Waals surface area contributed by atoms with Crippen LogP contribution in [0, 0.1) is 11.3 Å². The quantitative estimate of drug-likeness (QED) is 0.650. The number of anilines is 1. The van der Waals surface area contributed by atoms with E-state index in [9.17, 15) is 0 Å². The molecule has 3 heteroatoms. The first-order valence-electron chi connectivity index (χ1n) is 5.08. The summed E-state index contributed by atoms with van der Waals surface area (Å²) in [4.78, 5) is 6.27. The van der Waals surface area contributed by atoms with Crippen molar-refractivity contribution in [2.45, 2.75) is 12.8 Å². The van der Waals surface area contributed by atoms with E-state index in [1.54, 1.807) is 6.20 Å². The lowest BCUT2D eigenvalue weighted by Crippen LogP contribution is -2.31. The van der Waals surface area contributed by atoms with Gasteiger partial charge in [-0.05, 0) is 25.0 Å². The highest BCUT2D eigenvalue weighted by atomic mass is 15.1. The van der Waals surface area contributed by atoms with Crippen molar-refractivity contribution in [2.75, 3.05) is 18.0 Å². The highest BCUT2D eigenvalue weighted by Gasteiger charge is 2.16. The van der Waals surface area contributed by atoms with Gasteiger partial charge in [-0.2, -0.15) is 5.26 Å². The highest BCUT2D eigenvalue weighted by Crippen LogP contribution is 2.23. The van der Waals surface area contributed by atoms with E-state index in [0.29, 0.717) is 5.69 Å². The van der Waals surface area contributed by atoms with Gasteiger partial charge >= 0.3 is 0 Å². The molecule has 1 saturated heterocycles. The molecule has 1 fully saturated rings. The molecule has 0 spiro atoms. The molecule has 0 atom stereocenters. The molecule has 15 heavy (non-hydrogen) atoms. The van der Waals surface area contributed by atoms with Crippen LogP contribution >= 0.6 is 0 Å². The second-order valence-corrected chi connectivity index (χ2v) is 3.72. The molecule has 1 aromatic heterocycles. The molecule has 0 aliphatic carbocycles. The number of aromatic nitrogens is 1. The van der Waals surface area contributed by atoms with Crippen LogP contribution in [-0.4, -0.2) is 18.1 Å². The maximum Gasteiger partial charge on any atom is 0.163 e. The zero-order valence-electron chi connectivity index (χ0n) is 8.61. The Morgan fingerprint density at radius 2 is 2.13 bits per heavy atom.